The van der Waals surface area contributed by atoms with E-state index in [-0.39, 0.29) is 0 Å². The Kier molecular flexibility index (Phi) is 3.73. The molecule has 0 fully saturated rings. The van der Waals surface area contributed by atoms with Gasteiger partial charge in [-0.05, 0) is 19.4 Å². The Hall–Kier alpha value is -1.27. The van der Waals surface area contributed by atoms with E-state index >= 15 is 0 Å². The van der Waals surface area contributed by atoms with Crippen molar-refractivity contribution >= 4 is 0 Å². The van der Waals surface area contributed by atoms with Crippen LogP contribution in [0.15, 0.2) is 6.07 Å². The van der Waals surface area contributed by atoms with Gasteiger partial charge in [-0.3, -0.25) is 4.68 Å². The topological polar surface area (TPSA) is 38.1 Å². The van der Waals surface area contributed by atoms with Crippen LogP contribution in [0.25, 0.3) is 0 Å². The predicted molar refractivity (Wildman–Crippen MR) is 55.6 cm³/mol. The quantitative estimate of drug-likeness (QED) is 0.736. The molecule has 0 amide bonds. The first-order chi connectivity index (χ1) is 6.69. The lowest BCUT2D eigenvalue weighted by atomic mass is 10.1. The minimum absolute atomic E-state index is 0.471. The molecule has 14 heavy (non-hydrogen) atoms. The van der Waals surface area contributed by atoms with Crippen LogP contribution in [-0.4, -0.2) is 14.9 Å². The summed E-state index contributed by atoms with van der Waals surface area (Å²) in [5.74, 6) is 5.63. The molecule has 76 valence electrons. The van der Waals surface area contributed by atoms with Gasteiger partial charge in [0.1, 0.15) is 6.10 Å². The second-order valence-electron chi connectivity index (χ2n) is 3.18. The van der Waals surface area contributed by atoms with Gasteiger partial charge in [-0.15, -0.1) is 11.8 Å². The highest BCUT2D eigenvalue weighted by atomic mass is 16.3. The van der Waals surface area contributed by atoms with Gasteiger partial charge in [0.2, 0.25) is 0 Å². The Balaban J connectivity index is 2.81. The van der Waals surface area contributed by atoms with Gasteiger partial charge in [-0.25, -0.2) is 0 Å². The third-order valence-corrected chi connectivity index (χ3v) is 2.14. The molecule has 0 bridgehead atoms. The van der Waals surface area contributed by atoms with E-state index in [2.05, 4.69) is 16.9 Å². The molecule has 0 spiro atoms. The molecule has 0 aliphatic carbocycles. The number of nitrogens with zero attached hydrogens (tertiary/aromatic N) is 2. The average molecular weight is 192 g/mol. The zero-order valence-electron chi connectivity index (χ0n) is 8.91. The third kappa shape index (κ3) is 2.36. The van der Waals surface area contributed by atoms with Crippen molar-refractivity contribution in [2.45, 2.75) is 32.8 Å². The lowest BCUT2D eigenvalue weighted by Crippen LogP contribution is -2.04. The zero-order valence-corrected chi connectivity index (χ0v) is 8.91. The predicted octanol–water partition coefficient (Wildman–Crippen LogP) is 1.43. The van der Waals surface area contributed by atoms with Crippen LogP contribution in [0.2, 0.25) is 0 Å². The Bertz CT molecular complexity index is 357. The van der Waals surface area contributed by atoms with Crippen LogP contribution in [0, 0.1) is 11.8 Å². The molecule has 1 atom stereocenters. The fourth-order valence-electron chi connectivity index (χ4n) is 1.33. The van der Waals surface area contributed by atoms with Crippen molar-refractivity contribution in [2.24, 2.45) is 7.05 Å². The molecule has 0 aromatic carbocycles. The molecule has 1 heterocycles. The van der Waals surface area contributed by atoms with E-state index in [4.69, 9.17) is 0 Å². The highest BCUT2D eigenvalue weighted by Crippen LogP contribution is 2.16. The van der Waals surface area contributed by atoms with Crippen molar-refractivity contribution in [3.63, 3.8) is 0 Å². The molecule has 1 unspecified atom stereocenters. The van der Waals surface area contributed by atoms with Crippen LogP contribution in [0.1, 0.15) is 37.8 Å². The van der Waals surface area contributed by atoms with Crippen LogP contribution in [0.4, 0.5) is 0 Å². The molecular formula is C11H16N2O. The summed E-state index contributed by atoms with van der Waals surface area (Å²) >= 11 is 0. The second-order valence-corrected chi connectivity index (χ2v) is 3.18. The number of aliphatic hydroxyl groups excluding tert-OH is 1. The maximum absolute atomic E-state index is 9.78. The third-order valence-electron chi connectivity index (χ3n) is 2.14. The van der Waals surface area contributed by atoms with Crippen molar-refractivity contribution in [2.75, 3.05) is 0 Å². The first-order valence-corrected chi connectivity index (χ1v) is 4.79. The molecule has 1 N–H and O–H groups in total. The van der Waals surface area contributed by atoms with Crippen LogP contribution >= 0.6 is 0 Å². The molecule has 1 aromatic rings. The van der Waals surface area contributed by atoms with Gasteiger partial charge in [0.25, 0.3) is 0 Å². The second kappa shape index (κ2) is 4.83. The zero-order chi connectivity index (χ0) is 10.6. The van der Waals surface area contributed by atoms with Crippen LogP contribution in [0.5, 0.6) is 0 Å². The average Bonchev–Trinajstić information content (AvgIpc) is 2.56. The number of aromatic nitrogens is 2. The molecule has 1 rings (SSSR count). The van der Waals surface area contributed by atoms with E-state index in [1.165, 1.54) is 0 Å². The molecular weight excluding hydrogens is 176 g/mol. The molecule has 3 heteroatoms. The van der Waals surface area contributed by atoms with Crippen LogP contribution in [-0.2, 0) is 13.5 Å². The summed E-state index contributed by atoms with van der Waals surface area (Å²) in [6.45, 7) is 3.82. The highest BCUT2D eigenvalue weighted by Gasteiger charge is 2.11. The summed E-state index contributed by atoms with van der Waals surface area (Å²) in [5.41, 5.74) is 1.84. The molecule has 0 saturated carbocycles. The van der Waals surface area contributed by atoms with Crippen molar-refractivity contribution in [1.29, 1.82) is 0 Å². The maximum atomic E-state index is 9.78. The number of rotatable bonds is 3. The minimum Gasteiger partial charge on any atom is -0.386 e. The Morgan fingerprint density at radius 1 is 1.64 bits per heavy atom. The SMILES string of the molecule is CC#CCC(O)c1cc(CC)nn1C. The van der Waals surface area contributed by atoms with E-state index < -0.39 is 6.10 Å². The van der Waals surface area contributed by atoms with Gasteiger partial charge < -0.3 is 5.11 Å². The van der Waals surface area contributed by atoms with Gasteiger partial charge >= 0.3 is 0 Å². The highest BCUT2D eigenvalue weighted by molar-refractivity contribution is 5.14. The van der Waals surface area contributed by atoms with Gasteiger partial charge in [-0.1, -0.05) is 6.92 Å². The Morgan fingerprint density at radius 2 is 2.36 bits per heavy atom. The monoisotopic (exact) mass is 192 g/mol. The number of hydrogen-bond acceptors (Lipinski definition) is 2. The lowest BCUT2D eigenvalue weighted by molar-refractivity contribution is 0.174. The Morgan fingerprint density at radius 3 is 2.86 bits per heavy atom. The normalized spacial score (nSPS) is 12.0. The number of hydrogen-bond donors (Lipinski definition) is 1. The van der Waals surface area contributed by atoms with Gasteiger partial charge in [0.05, 0.1) is 11.4 Å². The van der Waals surface area contributed by atoms with Crippen molar-refractivity contribution in [3.05, 3.63) is 17.5 Å². The summed E-state index contributed by atoms with van der Waals surface area (Å²) < 4.78 is 1.72. The molecule has 1 aromatic heterocycles. The molecule has 0 aliphatic rings. The van der Waals surface area contributed by atoms with E-state index in [1.807, 2.05) is 20.0 Å². The fourth-order valence-corrected chi connectivity index (χ4v) is 1.33. The summed E-state index contributed by atoms with van der Waals surface area (Å²) in [4.78, 5) is 0. The smallest absolute Gasteiger partial charge is 0.106 e. The molecule has 0 aliphatic heterocycles. The molecule has 3 nitrogen and oxygen atoms in total. The first-order valence-electron chi connectivity index (χ1n) is 4.79. The number of aryl methyl sites for hydroxylation is 2. The Labute approximate surface area is 84.8 Å². The van der Waals surface area contributed by atoms with Crippen molar-refractivity contribution in [1.82, 2.24) is 9.78 Å². The number of aliphatic hydroxyl groups is 1. The summed E-state index contributed by atoms with van der Waals surface area (Å²) in [7, 11) is 1.84. The van der Waals surface area contributed by atoms with Crippen molar-refractivity contribution in [3.8, 4) is 11.8 Å². The molecule has 0 saturated heterocycles. The van der Waals surface area contributed by atoms with Crippen LogP contribution in [0.3, 0.4) is 0 Å². The maximum Gasteiger partial charge on any atom is 0.106 e. The van der Waals surface area contributed by atoms with Crippen molar-refractivity contribution < 1.29 is 5.11 Å². The van der Waals surface area contributed by atoms with Gasteiger partial charge in [-0.2, -0.15) is 5.10 Å². The summed E-state index contributed by atoms with van der Waals surface area (Å²) in [6, 6.07) is 1.93. The standard InChI is InChI=1S/C11H16N2O/c1-4-6-7-11(14)10-8-9(5-2)12-13(10)3/h8,11,14H,5,7H2,1-3H3. The molecule has 0 radical (unpaired) electrons. The van der Waals surface area contributed by atoms with E-state index in [9.17, 15) is 5.11 Å². The first kappa shape index (κ1) is 10.8. The van der Waals surface area contributed by atoms with Gasteiger partial charge in [0.15, 0.2) is 0 Å². The largest absolute Gasteiger partial charge is 0.386 e. The fraction of sp³-hybridized carbons (Fsp3) is 0.545. The van der Waals surface area contributed by atoms with E-state index in [0.29, 0.717) is 6.42 Å². The summed E-state index contributed by atoms with van der Waals surface area (Å²) in [5, 5.41) is 14.0. The van der Waals surface area contributed by atoms with Gasteiger partial charge in [0, 0.05) is 13.5 Å². The van der Waals surface area contributed by atoms with E-state index in [1.54, 1.807) is 11.6 Å². The van der Waals surface area contributed by atoms with E-state index in [0.717, 1.165) is 17.8 Å². The van der Waals surface area contributed by atoms with Crippen LogP contribution < -0.4 is 0 Å². The lowest BCUT2D eigenvalue weighted by Gasteiger charge is -2.06. The minimum atomic E-state index is -0.528. The summed E-state index contributed by atoms with van der Waals surface area (Å²) in [6.07, 6.45) is 0.833.